The Bertz CT molecular complexity index is 838. The number of benzene rings is 1. The van der Waals surface area contributed by atoms with Crippen LogP contribution in [0.2, 0.25) is 0 Å². The molecule has 24 heavy (non-hydrogen) atoms. The van der Waals surface area contributed by atoms with Crippen LogP contribution in [0.4, 0.5) is 5.69 Å². The molecule has 1 amide bonds. The molecule has 0 saturated carbocycles. The van der Waals surface area contributed by atoms with Crippen molar-refractivity contribution in [1.29, 1.82) is 0 Å². The highest BCUT2D eigenvalue weighted by Gasteiger charge is 2.17. The van der Waals surface area contributed by atoms with E-state index in [4.69, 9.17) is 4.52 Å². The van der Waals surface area contributed by atoms with Gasteiger partial charge in [-0.2, -0.15) is 4.98 Å². The van der Waals surface area contributed by atoms with E-state index in [2.05, 4.69) is 15.5 Å². The van der Waals surface area contributed by atoms with Crippen LogP contribution in [0.5, 0.6) is 0 Å². The number of hydrogen-bond acceptors (Lipinski definition) is 5. The summed E-state index contributed by atoms with van der Waals surface area (Å²) in [5.74, 6) is 1.21. The fraction of sp³-hybridized carbons (Fsp3) is 0.278. The highest BCUT2D eigenvalue weighted by molar-refractivity contribution is 7.10. The van der Waals surface area contributed by atoms with Crippen LogP contribution in [0.1, 0.15) is 36.0 Å². The van der Waals surface area contributed by atoms with Gasteiger partial charge in [0.25, 0.3) is 5.89 Å². The molecule has 0 saturated heterocycles. The molecule has 0 unspecified atom stereocenters. The van der Waals surface area contributed by atoms with Gasteiger partial charge in [-0.05, 0) is 30.0 Å². The highest BCUT2D eigenvalue weighted by atomic mass is 32.1. The quantitative estimate of drug-likeness (QED) is 0.746. The Morgan fingerprint density at radius 3 is 2.79 bits per heavy atom. The molecule has 2 heterocycles. The molecule has 0 aliphatic heterocycles. The lowest BCUT2D eigenvalue weighted by molar-refractivity contribution is -0.115. The van der Waals surface area contributed by atoms with Gasteiger partial charge in [0, 0.05) is 10.8 Å². The fourth-order valence-electron chi connectivity index (χ4n) is 2.35. The molecular formula is C18H19N3O2S. The Morgan fingerprint density at radius 2 is 2.12 bits per heavy atom. The molecule has 2 aromatic heterocycles. The lowest BCUT2D eigenvalue weighted by Gasteiger charge is -2.11. The van der Waals surface area contributed by atoms with Gasteiger partial charge in [0.05, 0.1) is 17.7 Å². The van der Waals surface area contributed by atoms with Crippen molar-refractivity contribution in [1.82, 2.24) is 10.1 Å². The van der Waals surface area contributed by atoms with Crippen LogP contribution in [0.3, 0.4) is 0 Å². The van der Waals surface area contributed by atoms with Gasteiger partial charge in [0.15, 0.2) is 5.82 Å². The van der Waals surface area contributed by atoms with E-state index < -0.39 is 0 Å². The number of aromatic nitrogens is 2. The van der Waals surface area contributed by atoms with Crippen molar-refractivity contribution >= 4 is 22.9 Å². The van der Waals surface area contributed by atoms with E-state index in [1.807, 2.05) is 56.5 Å². The molecule has 0 spiro atoms. The number of rotatable bonds is 5. The zero-order valence-electron chi connectivity index (χ0n) is 13.9. The second-order valence-electron chi connectivity index (χ2n) is 5.91. The van der Waals surface area contributed by atoms with Crippen molar-refractivity contribution in [2.75, 3.05) is 5.32 Å². The third-order valence-corrected chi connectivity index (χ3v) is 4.52. The van der Waals surface area contributed by atoms with Gasteiger partial charge >= 0.3 is 0 Å². The summed E-state index contributed by atoms with van der Waals surface area (Å²) < 4.78 is 5.38. The van der Waals surface area contributed by atoms with Gasteiger partial charge in [-0.3, -0.25) is 4.79 Å². The van der Waals surface area contributed by atoms with E-state index in [9.17, 15) is 4.79 Å². The van der Waals surface area contributed by atoms with Crippen LogP contribution in [0.15, 0.2) is 40.2 Å². The molecular weight excluding hydrogens is 322 g/mol. The Balaban J connectivity index is 1.88. The molecule has 0 radical (unpaired) electrons. The first kappa shape index (κ1) is 16.4. The van der Waals surface area contributed by atoms with Crippen molar-refractivity contribution in [2.24, 2.45) is 0 Å². The van der Waals surface area contributed by atoms with Crippen molar-refractivity contribution in [3.8, 4) is 11.5 Å². The number of nitrogens with one attached hydrogen (secondary N) is 1. The zero-order valence-corrected chi connectivity index (χ0v) is 14.7. The van der Waals surface area contributed by atoms with Gasteiger partial charge < -0.3 is 9.84 Å². The van der Waals surface area contributed by atoms with E-state index in [0.717, 1.165) is 21.7 Å². The fourth-order valence-corrected chi connectivity index (χ4v) is 3.05. The summed E-state index contributed by atoms with van der Waals surface area (Å²) in [4.78, 5) is 17.8. The van der Waals surface area contributed by atoms with Crippen molar-refractivity contribution < 1.29 is 9.32 Å². The number of hydrogen-bond donors (Lipinski definition) is 1. The monoisotopic (exact) mass is 341 g/mol. The molecule has 0 aliphatic carbocycles. The van der Waals surface area contributed by atoms with E-state index in [0.29, 0.717) is 18.1 Å². The van der Waals surface area contributed by atoms with Gasteiger partial charge in [-0.25, -0.2) is 0 Å². The van der Waals surface area contributed by atoms with Crippen LogP contribution < -0.4 is 5.32 Å². The minimum atomic E-state index is -0.0587. The lowest BCUT2D eigenvalue weighted by Crippen LogP contribution is -2.15. The first-order valence-electron chi connectivity index (χ1n) is 7.80. The number of carbonyl (C=O) groups excluding carboxylic acids is 1. The molecule has 0 fully saturated rings. The van der Waals surface area contributed by atoms with Crippen molar-refractivity contribution in [3.63, 3.8) is 0 Å². The summed E-state index contributed by atoms with van der Waals surface area (Å²) >= 11 is 1.57. The molecule has 1 N–H and O–H groups in total. The number of carbonyl (C=O) groups is 1. The highest BCUT2D eigenvalue weighted by Crippen LogP contribution is 2.30. The van der Waals surface area contributed by atoms with Gasteiger partial charge in [-0.15, -0.1) is 11.3 Å². The smallest absolute Gasteiger partial charge is 0.260 e. The molecule has 124 valence electrons. The number of thiophene rings is 1. The molecule has 1 aromatic carbocycles. The molecule has 5 nitrogen and oxygen atoms in total. The Labute approximate surface area is 144 Å². The Hall–Kier alpha value is -2.47. The van der Waals surface area contributed by atoms with E-state index in [-0.39, 0.29) is 11.8 Å². The summed E-state index contributed by atoms with van der Waals surface area (Å²) in [6, 6.07) is 9.64. The summed E-state index contributed by atoms with van der Waals surface area (Å²) in [5, 5.41) is 8.97. The number of amides is 1. The van der Waals surface area contributed by atoms with Crippen LogP contribution in [-0.2, 0) is 11.2 Å². The standard InChI is InChI=1S/C18H19N3O2S/c1-11(2)17-20-18(23-21-17)14-8-4-6-12(3)16(14)19-15(22)10-13-7-5-9-24-13/h4-9,11H,10H2,1-3H3,(H,19,22). The molecule has 0 bridgehead atoms. The predicted octanol–water partition coefficient (Wildman–Crippen LogP) is 4.41. The third-order valence-electron chi connectivity index (χ3n) is 3.64. The second kappa shape index (κ2) is 6.97. The van der Waals surface area contributed by atoms with Crippen LogP contribution in [0, 0.1) is 6.92 Å². The third kappa shape index (κ3) is 3.54. The molecule has 0 atom stereocenters. The van der Waals surface area contributed by atoms with Crippen molar-refractivity contribution in [2.45, 2.75) is 33.1 Å². The summed E-state index contributed by atoms with van der Waals surface area (Å²) in [5.41, 5.74) is 2.42. The molecule has 6 heteroatoms. The minimum absolute atomic E-state index is 0.0587. The maximum atomic E-state index is 12.4. The van der Waals surface area contributed by atoms with E-state index in [1.54, 1.807) is 11.3 Å². The largest absolute Gasteiger partial charge is 0.334 e. The van der Waals surface area contributed by atoms with E-state index >= 15 is 0 Å². The van der Waals surface area contributed by atoms with Crippen molar-refractivity contribution in [3.05, 3.63) is 52.0 Å². The summed E-state index contributed by atoms with van der Waals surface area (Å²) in [6.45, 7) is 5.97. The maximum Gasteiger partial charge on any atom is 0.260 e. The number of anilines is 1. The predicted molar refractivity (Wildman–Crippen MR) is 95.2 cm³/mol. The number of aryl methyl sites for hydroxylation is 1. The molecule has 0 aliphatic rings. The maximum absolute atomic E-state index is 12.4. The molecule has 3 aromatic rings. The second-order valence-corrected chi connectivity index (χ2v) is 6.95. The summed E-state index contributed by atoms with van der Waals surface area (Å²) in [6.07, 6.45) is 0.354. The average molecular weight is 341 g/mol. The van der Waals surface area contributed by atoms with Gasteiger partial charge in [0.2, 0.25) is 5.91 Å². The number of nitrogens with zero attached hydrogens (tertiary/aromatic N) is 2. The van der Waals surface area contributed by atoms with E-state index in [1.165, 1.54) is 0 Å². The Kier molecular flexibility index (Phi) is 4.76. The van der Waals surface area contributed by atoms with Gasteiger partial charge in [-0.1, -0.05) is 37.2 Å². The topological polar surface area (TPSA) is 68.0 Å². The van der Waals surface area contributed by atoms with Crippen LogP contribution in [0.25, 0.3) is 11.5 Å². The van der Waals surface area contributed by atoms with Gasteiger partial charge in [0.1, 0.15) is 0 Å². The summed E-state index contributed by atoms with van der Waals surface area (Å²) in [7, 11) is 0. The first-order chi connectivity index (χ1) is 11.5. The van der Waals surface area contributed by atoms with Crippen LogP contribution in [-0.4, -0.2) is 16.0 Å². The normalized spacial score (nSPS) is 11.0. The lowest BCUT2D eigenvalue weighted by atomic mass is 10.1. The minimum Gasteiger partial charge on any atom is -0.334 e. The first-order valence-corrected chi connectivity index (χ1v) is 8.68. The Morgan fingerprint density at radius 1 is 1.29 bits per heavy atom. The van der Waals surface area contributed by atoms with Crippen LogP contribution >= 0.6 is 11.3 Å². The average Bonchev–Trinajstić information content (AvgIpc) is 3.20. The number of para-hydroxylation sites is 1. The molecule has 3 rings (SSSR count). The SMILES string of the molecule is Cc1cccc(-c2nc(C(C)C)no2)c1NC(=O)Cc1cccs1. The zero-order chi connectivity index (χ0) is 17.1.